The first-order valence-corrected chi connectivity index (χ1v) is 5.97. The zero-order chi connectivity index (χ0) is 13.0. The van der Waals surface area contributed by atoms with Crippen LogP contribution in [0.25, 0.3) is 0 Å². The van der Waals surface area contributed by atoms with E-state index in [0.717, 1.165) is 16.9 Å². The smallest absolute Gasteiger partial charge is 0.122 e. The van der Waals surface area contributed by atoms with Gasteiger partial charge in [0.15, 0.2) is 0 Å². The van der Waals surface area contributed by atoms with Gasteiger partial charge in [0.05, 0.1) is 5.69 Å². The Hall–Kier alpha value is -2.01. The van der Waals surface area contributed by atoms with Gasteiger partial charge >= 0.3 is 0 Å². The van der Waals surface area contributed by atoms with Crippen LogP contribution in [0.3, 0.4) is 0 Å². The number of rotatable bonds is 4. The fourth-order valence-electron chi connectivity index (χ4n) is 1.48. The Kier molecular flexibility index (Phi) is 3.84. The molecule has 0 radical (unpaired) electrons. The highest BCUT2D eigenvalue weighted by Gasteiger charge is 2.00. The lowest BCUT2D eigenvalue weighted by molar-refractivity contribution is 1.08. The highest BCUT2D eigenvalue weighted by atomic mass is 32.1. The maximum absolute atomic E-state index is 5.54. The maximum atomic E-state index is 5.54. The monoisotopic (exact) mass is 258 g/mol. The number of aromatic nitrogens is 2. The number of pyridine rings is 2. The van der Waals surface area contributed by atoms with E-state index >= 15 is 0 Å². The molecule has 0 bridgehead atoms. The molecule has 0 atom stereocenters. The van der Waals surface area contributed by atoms with Gasteiger partial charge in [0, 0.05) is 30.3 Å². The highest BCUT2D eigenvalue weighted by Crippen LogP contribution is 2.10. The van der Waals surface area contributed by atoms with Crippen LogP contribution >= 0.6 is 12.2 Å². The molecule has 0 unspecified atom stereocenters. The summed E-state index contributed by atoms with van der Waals surface area (Å²) in [7, 11) is 0. The van der Waals surface area contributed by atoms with Crippen molar-refractivity contribution in [2.75, 3.05) is 5.32 Å². The van der Waals surface area contributed by atoms with Crippen molar-refractivity contribution in [1.82, 2.24) is 9.97 Å². The first-order chi connectivity index (χ1) is 8.65. The van der Waals surface area contributed by atoms with Crippen molar-refractivity contribution in [3.8, 4) is 0 Å². The van der Waals surface area contributed by atoms with E-state index in [1.807, 2.05) is 37.4 Å². The van der Waals surface area contributed by atoms with Crippen LogP contribution < -0.4 is 11.1 Å². The molecule has 0 aliphatic rings. The van der Waals surface area contributed by atoms with Crippen LogP contribution in [0.15, 0.2) is 36.7 Å². The molecule has 0 aliphatic heterocycles. The lowest BCUT2D eigenvalue weighted by Gasteiger charge is -2.07. The van der Waals surface area contributed by atoms with E-state index in [9.17, 15) is 0 Å². The predicted octanol–water partition coefficient (Wildman–Crippen LogP) is 2.03. The fourth-order valence-corrected chi connectivity index (χ4v) is 1.59. The van der Waals surface area contributed by atoms with E-state index in [4.69, 9.17) is 18.0 Å². The lowest BCUT2D eigenvalue weighted by atomic mass is 10.2. The Labute approximate surface area is 111 Å². The number of nitrogens with two attached hydrogens (primary N) is 1. The van der Waals surface area contributed by atoms with E-state index in [1.54, 1.807) is 6.20 Å². The number of hydrogen-bond donors (Lipinski definition) is 2. The van der Waals surface area contributed by atoms with Gasteiger partial charge in [-0.1, -0.05) is 18.3 Å². The molecule has 0 aromatic carbocycles. The van der Waals surface area contributed by atoms with Gasteiger partial charge in [-0.3, -0.25) is 9.97 Å². The first kappa shape index (κ1) is 12.4. The third-order valence-electron chi connectivity index (χ3n) is 2.48. The van der Waals surface area contributed by atoms with Gasteiger partial charge < -0.3 is 11.1 Å². The minimum Gasteiger partial charge on any atom is -0.388 e. The number of hydrogen-bond acceptors (Lipinski definition) is 4. The molecule has 0 aliphatic carbocycles. The highest BCUT2D eigenvalue weighted by molar-refractivity contribution is 7.80. The van der Waals surface area contributed by atoms with Gasteiger partial charge in [0.1, 0.15) is 4.99 Å². The van der Waals surface area contributed by atoms with Crippen LogP contribution in [0.1, 0.15) is 17.0 Å². The Bertz CT molecular complexity index is 551. The van der Waals surface area contributed by atoms with Crippen LogP contribution in [0, 0.1) is 6.92 Å². The van der Waals surface area contributed by atoms with Gasteiger partial charge in [-0.25, -0.2) is 0 Å². The number of nitrogens with one attached hydrogen (secondary N) is 1. The van der Waals surface area contributed by atoms with Gasteiger partial charge in [-0.05, 0) is 30.7 Å². The number of aryl methyl sites for hydroxylation is 1. The zero-order valence-corrected chi connectivity index (χ0v) is 10.9. The molecular weight excluding hydrogens is 244 g/mol. The summed E-state index contributed by atoms with van der Waals surface area (Å²) in [6.07, 6.45) is 3.54. The van der Waals surface area contributed by atoms with Crippen LogP contribution in [-0.4, -0.2) is 15.0 Å². The van der Waals surface area contributed by atoms with Gasteiger partial charge in [-0.2, -0.15) is 0 Å². The van der Waals surface area contributed by atoms with E-state index in [1.165, 1.54) is 0 Å². The normalized spacial score (nSPS) is 10.1. The van der Waals surface area contributed by atoms with Gasteiger partial charge in [0.2, 0.25) is 0 Å². The van der Waals surface area contributed by atoms with E-state index in [0.29, 0.717) is 17.2 Å². The molecule has 4 nitrogen and oxygen atoms in total. The second-order valence-electron chi connectivity index (χ2n) is 3.96. The third-order valence-corrected chi connectivity index (χ3v) is 2.69. The summed E-state index contributed by atoms with van der Waals surface area (Å²) in [4.78, 5) is 8.63. The van der Waals surface area contributed by atoms with Crippen molar-refractivity contribution < 1.29 is 0 Å². The summed E-state index contributed by atoms with van der Waals surface area (Å²) in [5.41, 5.74) is 9.23. The van der Waals surface area contributed by atoms with Crippen molar-refractivity contribution >= 4 is 22.9 Å². The average molecular weight is 258 g/mol. The van der Waals surface area contributed by atoms with E-state index < -0.39 is 0 Å². The molecular formula is C13H14N4S. The zero-order valence-electron chi connectivity index (χ0n) is 10.1. The van der Waals surface area contributed by atoms with Crippen LogP contribution in [0.4, 0.5) is 5.69 Å². The molecule has 92 valence electrons. The predicted molar refractivity (Wildman–Crippen MR) is 76.4 cm³/mol. The van der Waals surface area contributed by atoms with E-state index in [-0.39, 0.29) is 0 Å². The number of nitrogens with zero attached hydrogens (tertiary/aromatic N) is 2. The molecule has 0 amide bonds. The minimum absolute atomic E-state index is 0.302. The van der Waals surface area contributed by atoms with Crippen molar-refractivity contribution in [3.05, 3.63) is 53.6 Å². The van der Waals surface area contributed by atoms with Crippen LogP contribution in [-0.2, 0) is 6.54 Å². The second kappa shape index (κ2) is 5.55. The van der Waals surface area contributed by atoms with Crippen LogP contribution in [0.2, 0.25) is 0 Å². The van der Waals surface area contributed by atoms with Crippen molar-refractivity contribution in [2.24, 2.45) is 5.73 Å². The molecule has 2 aromatic rings. The molecule has 5 heteroatoms. The first-order valence-electron chi connectivity index (χ1n) is 5.56. The molecule has 0 saturated carbocycles. The largest absolute Gasteiger partial charge is 0.388 e. The Morgan fingerprint density at radius 1 is 1.33 bits per heavy atom. The van der Waals surface area contributed by atoms with Crippen molar-refractivity contribution in [1.29, 1.82) is 0 Å². The second-order valence-corrected chi connectivity index (χ2v) is 4.40. The summed E-state index contributed by atoms with van der Waals surface area (Å²) in [5.74, 6) is 0. The summed E-state index contributed by atoms with van der Waals surface area (Å²) in [5, 5.41) is 3.28. The Morgan fingerprint density at radius 3 is 2.83 bits per heavy atom. The quantitative estimate of drug-likeness (QED) is 0.822. The molecule has 3 N–H and O–H groups in total. The van der Waals surface area contributed by atoms with Crippen LogP contribution in [0.5, 0.6) is 0 Å². The Morgan fingerprint density at radius 2 is 2.17 bits per heavy atom. The fraction of sp³-hybridized carbons (Fsp3) is 0.154. The molecule has 2 aromatic heterocycles. The third kappa shape index (κ3) is 3.24. The van der Waals surface area contributed by atoms with Crippen molar-refractivity contribution in [3.63, 3.8) is 0 Å². The molecule has 0 saturated heterocycles. The molecule has 18 heavy (non-hydrogen) atoms. The summed E-state index contributed by atoms with van der Waals surface area (Å²) in [6, 6.07) is 7.75. The molecule has 0 fully saturated rings. The maximum Gasteiger partial charge on any atom is 0.122 e. The minimum atomic E-state index is 0.302. The van der Waals surface area contributed by atoms with E-state index in [2.05, 4.69) is 15.3 Å². The number of thiocarbonyl (C=S) groups is 1. The topological polar surface area (TPSA) is 63.8 Å². The summed E-state index contributed by atoms with van der Waals surface area (Å²) >= 11 is 4.89. The van der Waals surface area contributed by atoms with Crippen molar-refractivity contribution in [2.45, 2.75) is 13.5 Å². The molecule has 0 spiro atoms. The lowest BCUT2D eigenvalue weighted by Crippen LogP contribution is -2.12. The van der Waals surface area contributed by atoms with Gasteiger partial charge in [-0.15, -0.1) is 0 Å². The number of anilines is 1. The SMILES string of the molecule is Cc1ccc(CNc2ccnc(C(N)=S)c2)cn1. The summed E-state index contributed by atoms with van der Waals surface area (Å²) < 4.78 is 0. The molecule has 2 rings (SSSR count). The van der Waals surface area contributed by atoms with Gasteiger partial charge in [0.25, 0.3) is 0 Å². The summed E-state index contributed by atoms with van der Waals surface area (Å²) in [6.45, 7) is 2.67. The molecule has 2 heterocycles. The Balaban J connectivity index is 2.04. The standard InChI is InChI=1S/C13H14N4S/c1-9-2-3-10(7-16-9)8-17-11-4-5-15-12(6-11)13(14)18/h2-7H,8H2,1H3,(H2,14,18)(H,15,17). The average Bonchev–Trinajstić information content (AvgIpc) is 2.38.